The Morgan fingerprint density at radius 2 is 2.05 bits per heavy atom. The standard InChI is InChI=1S/C12H14Cl2N2O3S/c13-10-2-1-9(11(14)4-10)6-16-5-8(3-12(16)17)7-20(15,18)19/h1-2,4,8H,3,5-7H2,(H2,15,18,19). The van der Waals surface area contributed by atoms with Crippen LogP contribution in [0.2, 0.25) is 10.0 Å². The molecule has 0 radical (unpaired) electrons. The molecule has 2 rings (SSSR count). The predicted molar refractivity (Wildman–Crippen MR) is 78.0 cm³/mol. The van der Waals surface area contributed by atoms with Crippen LogP contribution in [0.1, 0.15) is 12.0 Å². The number of sulfonamides is 1. The fourth-order valence-electron chi connectivity index (χ4n) is 2.30. The van der Waals surface area contributed by atoms with Crippen LogP contribution < -0.4 is 5.14 Å². The minimum atomic E-state index is -3.56. The van der Waals surface area contributed by atoms with Crippen molar-refractivity contribution >= 4 is 39.1 Å². The van der Waals surface area contributed by atoms with Crippen molar-refractivity contribution in [3.63, 3.8) is 0 Å². The molecule has 0 aromatic heterocycles. The zero-order chi connectivity index (χ0) is 14.9. The lowest BCUT2D eigenvalue weighted by Gasteiger charge is -2.17. The number of primary sulfonamides is 1. The Labute approximate surface area is 127 Å². The lowest BCUT2D eigenvalue weighted by atomic mass is 10.1. The number of carbonyl (C=O) groups is 1. The van der Waals surface area contributed by atoms with Gasteiger partial charge in [-0.25, -0.2) is 13.6 Å². The smallest absolute Gasteiger partial charge is 0.223 e. The van der Waals surface area contributed by atoms with E-state index in [1.807, 2.05) is 0 Å². The summed E-state index contributed by atoms with van der Waals surface area (Å²) in [5.41, 5.74) is 0.778. The van der Waals surface area contributed by atoms with Crippen LogP contribution in [0.25, 0.3) is 0 Å². The maximum atomic E-state index is 11.9. The first kappa shape index (κ1) is 15.6. The molecule has 0 aliphatic carbocycles. The molecule has 1 saturated heterocycles. The quantitative estimate of drug-likeness (QED) is 0.907. The molecule has 110 valence electrons. The number of halogens is 2. The molecular weight excluding hydrogens is 323 g/mol. The van der Waals surface area contributed by atoms with E-state index in [4.69, 9.17) is 28.3 Å². The Morgan fingerprint density at radius 1 is 1.35 bits per heavy atom. The van der Waals surface area contributed by atoms with Gasteiger partial charge in [0.1, 0.15) is 0 Å². The Bertz CT molecular complexity index is 634. The minimum Gasteiger partial charge on any atom is -0.338 e. The van der Waals surface area contributed by atoms with Crippen LogP contribution in [0.4, 0.5) is 0 Å². The molecule has 0 spiro atoms. The van der Waals surface area contributed by atoms with E-state index in [9.17, 15) is 13.2 Å². The van der Waals surface area contributed by atoms with Gasteiger partial charge in [0.25, 0.3) is 0 Å². The van der Waals surface area contributed by atoms with Gasteiger partial charge in [-0.1, -0.05) is 29.3 Å². The van der Waals surface area contributed by atoms with Gasteiger partial charge >= 0.3 is 0 Å². The third-order valence-corrected chi connectivity index (χ3v) is 4.66. The molecule has 2 N–H and O–H groups in total. The summed E-state index contributed by atoms with van der Waals surface area (Å²) in [7, 11) is -3.56. The van der Waals surface area contributed by atoms with Gasteiger partial charge in [0.2, 0.25) is 15.9 Å². The molecule has 1 fully saturated rings. The summed E-state index contributed by atoms with van der Waals surface area (Å²) < 4.78 is 22.1. The average molecular weight is 337 g/mol. The second kappa shape index (κ2) is 5.89. The van der Waals surface area contributed by atoms with E-state index in [2.05, 4.69) is 0 Å². The number of benzene rings is 1. The van der Waals surface area contributed by atoms with Crippen molar-refractivity contribution in [3.8, 4) is 0 Å². The van der Waals surface area contributed by atoms with E-state index < -0.39 is 10.0 Å². The van der Waals surface area contributed by atoms with Crippen molar-refractivity contribution in [2.24, 2.45) is 11.1 Å². The summed E-state index contributed by atoms with van der Waals surface area (Å²) in [6, 6.07) is 5.07. The largest absolute Gasteiger partial charge is 0.338 e. The molecule has 1 amide bonds. The van der Waals surface area contributed by atoms with Crippen LogP contribution >= 0.6 is 23.2 Å². The summed E-state index contributed by atoms with van der Waals surface area (Å²) >= 11 is 11.9. The van der Waals surface area contributed by atoms with E-state index >= 15 is 0 Å². The highest BCUT2D eigenvalue weighted by Gasteiger charge is 2.32. The van der Waals surface area contributed by atoms with Crippen molar-refractivity contribution in [1.29, 1.82) is 0 Å². The minimum absolute atomic E-state index is 0.0929. The van der Waals surface area contributed by atoms with Crippen molar-refractivity contribution in [2.45, 2.75) is 13.0 Å². The monoisotopic (exact) mass is 336 g/mol. The molecule has 1 aliphatic rings. The maximum Gasteiger partial charge on any atom is 0.223 e. The normalized spacial score (nSPS) is 19.6. The van der Waals surface area contributed by atoms with Gasteiger partial charge in [-0.3, -0.25) is 4.79 Å². The van der Waals surface area contributed by atoms with E-state index in [1.54, 1.807) is 23.1 Å². The third-order valence-electron chi connectivity index (χ3n) is 3.14. The Balaban J connectivity index is 2.05. The summed E-state index contributed by atoms with van der Waals surface area (Å²) in [6.07, 6.45) is 0.196. The molecule has 1 atom stereocenters. The highest BCUT2D eigenvalue weighted by atomic mass is 35.5. The van der Waals surface area contributed by atoms with E-state index in [0.717, 1.165) is 5.56 Å². The lowest BCUT2D eigenvalue weighted by Crippen LogP contribution is -2.27. The molecule has 1 unspecified atom stereocenters. The molecular formula is C12H14Cl2N2O3S. The van der Waals surface area contributed by atoms with Gasteiger partial charge in [0.05, 0.1) is 5.75 Å². The van der Waals surface area contributed by atoms with Crippen LogP contribution in [0, 0.1) is 5.92 Å². The third kappa shape index (κ3) is 4.09. The Morgan fingerprint density at radius 3 is 2.65 bits per heavy atom. The molecule has 5 nitrogen and oxygen atoms in total. The second-order valence-electron chi connectivity index (χ2n) is 4.91. The number of likely N-dealkylation sites (tertiary alicyclic amines) is 1. The first-order chi connectivity index (χ1) is 9.24. The molecule has 20 heavy (non-hydrogen) atoms. The van der Waals surface area contributed by atoms with Gasteiger partial charge < -0.3 is 4.90 Å². The number of nitrogens with zero attached hydrogens (tertiary/aromatic N) is 1. The zero-order valence-corrected chi connectivity index (χ0v) is 12.9. The molecule has 0 bridgehead atoms. The van der Waals surface area contributed by atoms with Crippen molar-refractivity contribution in [1.82, 2.24) is 4.90 Å². The van der Waals surface area contributed by atoms with Crippen LogP contribution in [0.5, 0.6) is 0 Å². The molecule has 1 aromatic rings. The number of hydrogen-bond acceptors (Lipinski definition) is 3. The van der Waals surface area contributed by atoms with Crippen LogP contribution in [-0.2, 0) is 21.4 Å². The summed E-state index contributed by atoms with van der Waals surface area (Å²) in [5, 5.41) is 6.02. The van der Waals surface area contributed by atoms with E-state index in [-0.39, 0.29) is 24.0 Å². The zero-order valence-electron chi connectivity index (χ0n) is 10.6. The van der Waals surface area contributed by atoms with Gasteiger partial charge in [0.15, 0.2) is 0 Å². The van der Waals surface area contributed by atoms with Gasteiger partial charge in [-0.05, 0) is 17.7 Å². The topological polar surface area (TPSA) is 80.5 Å². The lowest BCUT2D eigenvalue weighted by molar-refractivity contribution is -0.128. The number of rotatable bonds is 4. The van der Waals surface area contributed by atoms with Gasteiger partial charge in [0, 0.05) is 35.5 Å². The molecule has 8 heteroatoms. The SMILES string of the molecule is NS(=O)(=O)CC1CC(=O)N(Cc2ccc(Cl)cc2Cl)C1. The first-order valence-electron chi connectivity index (χ1n) is 5.97. The highest BCUT2D eigenvalue weighted by molar-refractivity contribution is 7.89. The predicted octanol–water partition coefficient (Wildman–Crippen LogP) is 1.63. The van der Waals surface area contributed by atoms with Crippen molar-refractivity contribution in [2.75, 3.05) is 12.3 Å². The number of amides is 1. The van der Waals surface area contributed by atoms with Crippen LogP contribution in [0.3, 0.4) is 0 Å². The van der Waals surface area contributed by atoms with E-state index in [1.165, 1.54) is 0 Å². The van der Waals surface area contributed by atoms with Crippen LogP contribution in [-0.4, -0.2) is 31.5 Å². The second-order valence-corrected chi connectivity index (χ2v) is 7.41. The maximum absolute atomic E-state index is 11.9. The molecule has 1 aliphatic heterocycles. The molecule has 0 saturated carbocycles. The Kier molecular flexibility index (Phi) is 4.59. The first-order valence-corrected chi connectivity index (χ1v) is 8.44. The number of hydrogen-bond donors (Lipinski definition) is 1. The number of nitrogens with two attached hydrogens (primary N) is 1. The Hall–Kier alpha value is -0.820. The highest BCUT2D eigenvalue weighted by Crippen LogP contribution is 2.26. The van der Waals surface area contributed by atoms with Gasteiger partial charge in [-0.15, -0.1) is 0 Å². The van der Waals surface area contributed by atoms with E-state index in [0.29, 0.717) is 23.1 Å². The summed E-state index contributed by atoms with van der Waals surface area (Å²) in [5.74, 6) is -0.530. The molecule has 1 heterocycles. The fraction of sp³-hybridized carbons (Fsp3) is 0.417. The fourth-order valence-corrected chi connectivity index (χ4v) is 3.65. The number of carbonyl (C=O) groups excluding carboxylic acids is 1. The summed E-state index contributed by atoms with van der Waals surface area (Å²) in [4.78, 5) is 13.5. The van der Waals surface area contributed by atoms with Crippen molar-refractivity contribution < 1.29 is 13.2 Å². The van der Waals surface area contributed by atoms with Crippen LogP contribution in [0.15, 0.2) is 18.2 Å². The van der Waals surface area contributed by atoms with Crippen molar-refractivity contribution in [3.05, 3.63) is 33.8 Å². The molecule has 1 aromatic carbocycles. The average Bonchev–Trinajstić information content (AvgIpc) is 2.60. The van der Waals surface area contributed by atoms with Gasteiger partial charge in [-0.2, -0.15) is 0 Å². The summed E-state index contributed by atoms with van der Waals surface area (Å²) in [6.45, 7) is 0.712.